The highest BCUT2D eigenvalue weighted by molar-refractivity contribution is 5.78. The van der Waals surface area contributed by atoms with Gasteiger partial charge >= 0.3 is 6.09 Å². The van der Waals surface area contributed by atoms with Crippen LogP contribution in [0.15, 0.2) is 28.3 Å². The molecule has 0 radical (unpaired) electrons. The molecule has 0 atom stereocenters. The van der Waals surface area contributed by atoms with E-state index in [1.165, 1.54) is 11.2 Å². The summed E-state index contributed by atoms with van der Waals surface area (Å²) in [7, 11) is 0. The number of rotatable bonds is 2. The van der Waals surface area contributed by atoms with Crippen LogP contribution >= 0.6 is 0 Å². The van der Waals surface area contributed by atoms with E-state index < -0.39 is 6.09 Å². The minimum atomic E-state index is -0.391. The molecule has 0 unspecified atom stereocenters. The summed E-state index contributed by atoms with van der Waals surface area (Å²) in [6, 6.07) is 0. The monoisotopic (exact) mass is 263 g/mol. The van der Waals surface area contributed by atoms with Gasteiger partial charge in [-0.25, -0.2) is 4.79 Å². The van der Waals surface area contributed by atoms with Crippen molar-refractivity contribution in [2.45, 2.75) is 40.2 Å². The number of amides is 1. The van der Waals surface area contributed by atoms with Crippen LogP contribution in [0.25, 0.3) is 5.57 Å². The third-order valence-corrected chi connectivity index (χ3v) is 2.87. The Bertz CT molecular complexity index is 529. The van der Waals surface area contributed by atoms with Crippen LogP contribution in [0.2, 0.25) is 0 Å². The Morgan fingerprint density at radius 3 is 2.79 bits per heavy atom. The van der Waals surface area contributed by atoms with Gasteiger partial charge < -0.3 is 9.26 Å². The first-order chi connectivity index (χ1) is 9.00. The molecule has 1 amide bonds. The molecule has 1 aliphatic rings. The Balaban J connectivity index is 2.32. The van der Waals surface area contributed by atoms with Crippen molar-refractivity contribution in [2.24, 2.45) is 0 Å². The molecule has 0 saturated carbocycles. The lowest BCUT2D eigenvalue weighted by atomic mass is 10.0. The molecule has 0 aliphatic carbocycles. The summed E-state index contributed by atoms with van der Waals surface area (Å²) >= 11 is 0. The summed E-state index contributed by atoms with van der Waals surface area (Å²) in [6.45, 7) is 7.35. The molecule has 2 heterocycles. The molecule has 0 bridgehead atoms. The molecule has 2 rings (SSSR count). The predicted octanol–water partition coefficient (Wildman–Crippen LogP) is 2.96. The first-order valence-corrected chi connectivity index (χ1v) is 6.15. The maximum absolute atomic E-state index is 12.1. The largest absolute Gasteiger partial charge is 0.446 e. The van der Waals surface area contributed by atoms with Gasteiger partial charge in [-0.2, -0.15) is 4.98 Å². The Morgan fingerprint density at radius 2 is 2.21 bits per heavy atom. The number of aromatic nitrogens is 2. The Labute approximate surface area is 111 Å². The van der Waals surface area contributed by atoms with Gasteiger partial charge in [0, 0.05) is 17.0 Å². The molecule has 1 aliphatic heterocycles. The molecule has 0 N–H and O–H groups in total. The van der Waals surface area contributed by atoms with Gasteiger partial charge in [0.05, 0.1) is 6.10 Å². The van der Waals surface area contributed by atoms with Gasteiger partial charge in [0.1, 0.15) is 0 Å². The van der Waals surface area contributed by atoms with Crippen LogP contribution in [0.1, 0.15) is 40.0 Å². The third-order valence-electron chi connectivity index (χ3n) is 2.87. The first kappa shape index (κ1) is 13.3. The van der Waals surface area contributed by atoms with Crippen LogP contribution < -0.4 is 0 Å². The lowest BCUT2D eigenvalue weighted by Crippen LogP contribution is -2.32. The lowest BCUT2D eigenvalue weighted by Gasteiger charge is -2.29. The van der Waals surface area contributed by atoms with E-state index in [4.69, 9.17) is 9.26 Å². The fourth-order valence-electron chi connectivity index (χ4n) is 1.97. The molecule has 0 aromatic carbocycles. The van der Waals surface area contributed by atoms with Gasteiger partial charge in [0.15, 0.2) is 6.33 Å². The normalized spacial score (nSPS) is 15.8. The summed E-state index contributed by atoms with van der Waals surface area (Å²) < 4.78 is 10.3. The van der Waals surface area contributed by atoms with E-state index in [1.807, 2.05) is 33.8 Å². The molecule has 102 valence electrons. The summed E-state index contributed by atoms with van der Waals surface area (Å²) in [4.78, 5) is 17.7. The van der Waals surface area contributed by atoms with Crippen molar-refractivity contribution in [2.75, 3.05) is 0 Å². The van der Waals surface area contributed by atoms with Gasteiger partial charge in [-0.05, 0) is 34.1 Å². The number of hydrogen-bond acceptors (Lipinski definition) is 5. The van der Waals surface area contributed by atoms with Crippen molar-refractivity contribution >= 4 is 11.7 Å². The first-order valence-electron chi connectivity index (χ1n) is 6.15. The maximum Gasteiger partial charge on any atom is 0.418 e. The molecule has 6 heteroatoms. The number of carbonyl (C=O) groups excluding carboxylic acids is 1. The van der Waals surface area contributed by atoms with E-state index >= 15 is 0 Å². The van der Waals surface area contributed by atoms with Crippen LogP contribution in [0.4, 0.5) is 4.79 Å². The predicted molar refractivity (Wildman–Crippen MR) is 68.7 cm³/mol. The molecule has 0 saturated heterocycles. The van der Waals surface area contributed by atoms with Crippen LogP contribution in [0, 0.1) is 0 Å². The molecule has 1 aromatic heterocycles. The molecular weight excluding hydrogens is 246 g/mol. The maximum atomic E-state index is 12.1. The standard InChI is InChI=1S/C13H17N3O3/c1-8(2)18-13(17)16-9(3)5-6-11(10(16)4)12-14-7-15-19-12/h5,7-8H,6H2,1-4H3. The fraction of sp³-hybridized carbons (Fsp3) is 0.462. The van der Waals surface area contributed by atoms with E-state index in [-0.39, 0.29) is 6.10 Å². The highest BCUT2D eigenvalue weighted by Crippen LogP contribution is 2.31. The minimum absolute atomic E-state index is 0.165. The second-order valence-corrected chi connectivity index (χ2v) is 4.63. The fourth-order valence-corrected chi connectivity index (χ4v) is 1.97. The summed E-state index contributed by atoms with van der Waals surface area (Å²) in [6.07, 6.45) is 3.39. The highest BCUT2D eigenvalue weighted by Gasteiger charge is 2.27. The third kappa shape index (κ3) is 2.67. The van der Waals surface area contributed by atoms with Crippen molar-refractivity contribution in [1.82, 2.24) is 15.0 Å². The topological polar surface area (TPSA) is 68.5 Å². The number of carbonyl (C=O) groups is 1. The Kier molecular flexibility index (Phi) is 3.69. The lowest BCUT2D eigenvalue weighted by molar-refractivity contribution is 0.0934. The van der Waals surface area contributed by atoms with Crippen molar-refractivity contribution in [3.63, 3.8) is 0 Å². The summed E-state index contributed by atoms with van der Waals surface area (Å²) in [5.74, 6) is 0.434. The van der Waals surface area contributed by atoms with Crippen LogP contribution in [0.5, 0.6) is 0 Å². The van der Waals surface area contributed by atoms with Crippen molar-refractivity contribution in [3.05, 3.63) is 29.7 Å². The number of hydrogen-bond donors (Lipinski definition) is 0. The highest BCUT2D eigenvalue weighted by atomic mass is 16.6. The zero-order valence-electron chi connectivity index (χ0n) is 11.5. The second kappa shape index (κ2) is 5.26. The molecule has 0 fully saturated rings. The molecule has 6 nitrogen and oxygen atoms in total. The Morgan fingerprint density at radius 1 is 1.47 bits per heavy atom. The number of nitrogens with zero attached hydrogens (tertiary/aromatic N) is 3. The minimum Gasteiger partial charge on any atom is -0.446 e. The van der Waals surface area contributed by atoms with E-state index in [2.05, 4.69) is 10.1 Å². The van der Waals surface area contributed by atoms with Gasteiger partial charge in [0.25, 0.3) is 5.89 Å². The average Bonchev–Trinajstić information content (AvgIpc) is 2.81. The zero-order chi connectivity index (χ0) is 14.0. The molecule has 0 spiro atoms. The number of ether oxygens (including phenoxy) is 1. The Hall–Kier alpha value is -2.11. The number of allylic oxidation sites excluding steroid dienone is 4. The quantitative estimate of drug-likeness (QED) is 0.820. The zero-order valence-corrected chi connectivity index (χ0v) is 11.5. The molecule has 1 aromatic rings. The van der Waals surface area contributed by atoms with Gasteiger partial charge in [-0.1, -0.05) is 11.2 Å². The van der Waals surface area contributed by atoms with E-state index in [0.717, 1.165) is 17.0 Å². The smallest absolute Gasteiger partial charge is 0.418 e. The van der Waals surface area contributed by atoms with Crippen molar-refractivity contribution in [3.8, 4) is 0 Å². The molecule has 19 heavy (non-hydrogen) atoms. The van der Waals surface area contributed by atoms with E-state index in [1.54, 1.807) is 0 Å². The van der Waals surface area contributed by atoms with Crippen molar-refractivity contribution < 1.29 is 14.1 Å². The van der Waals surface area contributed by atoms with Crippen LogP contribution in [0.3, 0.4) is 0 Å². The average molecular weight is 263 g/mol. The van der Waals surface area contributed by atoms with Crippen LogP contribution in [-0.2, 0) is 4.74 Å². The van der Waals surface area contributed by atoms with Gasteiger partial charge in [-0.3, -0.25) is 4.90 Å². The summed E-state index contributed by atoms with van der Waals surface area (Å²) in [5, 5.41) is 3.59. The van der Waals surface area contributed by atoms with E-state index in [9.17, 15) is 4.79 Å². The SMILES string of the molecule is CC1=CCC(c2ncno2)=C(C)N1C(=O)OC(C)C. The van der Waals surface area contributed by atoms with Gasteiger partial charge in [-0.15, -0.1) is 0 Å². The van der Waals surface area contributed by atoms with Crippen molar-refractivity contribution in [1.29, 1.82) is 0 Å². The molecular formula is C13H17N3O3. The van der Waals surface area contributed by atoms with Gasteiger partial charge in [0.2, 0.25) is 0 Å². The second-order valence-electron chi connectivity index (χ2n) is 4.63. The van der Waals surface area contributed by atoms with E-state index in [0.29, 0.717) is 12.3 Å². The van der Waals surface area contributed by atoms with Crippen LogP contribution in [-0.4, -0.2) is 27.2 Å². The summed E-state index contributed by atoms with van der Waals surface area (Å²) in [5.41, 5.74) is 2.44.